The van der Waals surface area contributed by atoms with Crippen LogP contribution < -0.4 is 5.56 Å². The Morgan fingerprint density at radius 2 is 2.25 bits per heavy atom. The number of aromatic amines is 1. The highest BCUT2D eigenvalue weighted by atomic mass is 16.2. The van der Waals surface area contributed by atoms with E-state index in [0.29, 0.717) is 28.7 Å². The number of nitrogens with zero attached hydrogens (tertiary/aromatic N) is 3. The summed E-state index contributed by atoms with van der Waals surface area (Å²) in [4.78, 5) is 38.2. The number of piperidine rings is 1. The quantitative estimate of drug-likeness (QED) is 0.935. The van der Waals surface area contributed by atoms with Gasteiger partial charge in [-0.25, -0.2) is 4.98 Å². The van der Waals surface area contributed by atoms with E-state index in [1.807, 2.05) is 11.0 Å². The van der Waals surface area contributed by atoms with Gasteiger partial charge in [0.15, 0.2) is 5.82 Å². The summed E-state index contributed by atoms with van der Waals surface area (Å²) >= 11 is 0. The second kappa shape index (κ2) is 6.95. The maximum absolute atomic E-state index is 12.5. The summed E-state index contributed by atoms with van der Waals surface area (Å²) in [5, 5.41) is 0. The molecule has 2 aromatic heterocycles. The molecule has 0 aromatic carbocycles. The van der Waals surface area contributed by atoms with E-state index in [1.165, 1.54) is 0 Å². The Labute approximate surface area is 141 Å². The van der Waals surface area contributed by atoms with Crippen LogP contribution in [0, 0.1) is 12.8 Å². The van der Waals surface area contributed by atoms with Crippen molar-refractivity contribution in [1.82, 2.24) is 19.9 Å². The average molecular weight is 326 g/mol. The molecule has 1 saturated heterocycles. The first-order chi connectivity index (χ1) is 11.5. The van der Waals surface area contributed by atoms with Gasteiger partial charge in [0, 0.05) is 30.5 Å². The van der Waals surface area contributed by atoms with E-state index in [-0.39, 0.29) is 17.9 Å². The maximum atomic E-state index is 12.5. The van der Waals surface area contributed by atoms with Gasteiger partial charge in [-0.15, -0.1) is 0 Å². The van der Waals surface area contributed by atoms with E-state index < -0.39 is 0 Å². The third kappa shape index (κ3) is 3.53. The number of carbonyl (C=O) groups excluding carboxylic acids is 1. The lowest BCUT2D eigenvalue weighted by atomic mass is 9.99. The second-order valence-electron chi connectivity index (χ2n) is 6.46. The van der Waals surface area contributed by atoms with Gasteiger partial charge in [0.25, 0.3) is 5.56 Å². The predicted molar refractivity (Wildman–Crippen MR) is 91.5 cm³/mol. The summed E-state index contributed by atoms with van der Waals surface area (Å²) in [7, 11) is 0. The van der Waals surface area contributed by atoms with Gasteiger partial charge in [0.05, 0.1) is 6.42 Å². The first-order valence-electron chi connectivity index (χ1n) is 8.33. The van der Waals surface area contributed by atoms with Crippen molar-refractivity contribution in [3.63, 3.8) is 0 Å². The summed E-state index contributed by atoms with van der Waals surface area (Å²) in [6.07, 6.45) is 3.94. The normalized spacial score (nSPS) is 17.8. The molecule has 0 aliphatic carbocycles. The number of H-pyrrole nitrogens is 1. The smallest absolute Gasteiger partial charge is 0.255 e. The van der Waals surface area contributed by atoms with E-state index in [4.69, 9.17) is 0 Å². The minimum absolute atomic E-state index is 0.00235. The molecule has 6 heteroatoms. The van der Waals surface area contributed by atoms with E-state index in [0.717, 1.165) is 25.9 Å². The van der Waals surface area contributed by atoms with Crippen LogP contribution in [0.2, 0.25) is 0 Å². The molecule has 24 heavy (non-hydrogen) atoms. The van der Waals surface area contributed by atoms with Crippen LogP contribution in [0.3, 0.4) is 0 Å². The average Bonchev–Trinajstić information content (AvgIpc) is 2.58. The molecular formula is C18H22N4O2. The van der Waals surface area contributed by atoms with Gasteiger partial charge in [-0.3, -0.25) is 14.6 Å². The number of rotatable bonds is 3. The Kier molecular flexibility index (Phi) is 4.74. The lowest BCUT2D eigenvalue weighted by Crippen LogP contribution is -2.40. The monoisotopic (exact) mass is 326 g/mol. The van der Waals surface area contributed by atoms with Crippen LogP contribution in [0.5, 0.6) is 0 Å². The molecule has 3 rings (SSSR count). The van der Waals surface area contributed by atoms with Crippen LogP contribution >= 0.6 is 0 Å². The van der Waals surface area contributed by atoms with Crippen molar-refractivity contribution in [3.05, 3.63) is 46.0 Å². The second-order valence-corrected chi connectivity index (χ2v) is 6.46. The van der Waals surface area contributed by atoms with Crippen LogP contribution in [-0.4, -0.2) is 38.8 Å². The number of aryl methyl sites for hydroxylation is 1. The van der Waals surface area contributed by atoms with Crippen LogP contribution in [0.1, 0.15) is 31.0 Å². The Morgan fingerprint density at radius 3 is 2.92 bits per heavy atom. The van der Waals surface area contributed by atoms with Crippen molar-refractivity contribution in [2.45, 2.75) is 33.1 Å². The molecule has 1 amide bonds. The highest BCUT2D eigenvalue weighted by molar-refractivity contribution is 5.79. The SMILES string of the molecule is Cc1nc(-c2ccccn2)[nH]c(=O)c1CC(=O)N1CCC[C@H](C)C1. The summed E-state index contributed by atoms with van der Waals surface area (Å²) in [6.45, 7) is 5.47. The number of hydrogen-bond donors (Lipinski definition) is 1. The Morgan fingerprint density at radius 1 is 1.42 bits per heavy atom. The molecule has 6 nitrogen and oxygen atoms in total. The highest BCUT2D eigenvalue weighted by Crippen LogP contribution is 2.17. The standard InChI is InChI=1S/C18H22N4O2/c1-12-6-5-9-22(11-12)16(23)10-14-13(2)20-17(21-18(14)24)15-7-3-4-8-19-15/h3-4,7-8,12H,5-6,9-11H2,1-2H3,(H,20,21,24)/t12-/m0/s1. The molecule has 0 spiro atoms. The molecule has 2 aromatic rings. The lowest BCUT2D eigenvalue weighted by molar-refractivity contribution is -0.132. The van der Waals surface area contributed by atoms with Gasteiger partial charge in [0.1, 0.15) is 5.69 Å². The van der Waals surface area contributed by atoms with Gasteiger partial charge in [-0.2, -0.15) is 0 Å². The zero-order valence-corrected chi connectivity index (χ0v) is 14.1. The minimum Gasteiger partial charge on any atom is -0.342 e. The van der Waals surface area contributed by atoms with Gasteiger partial charge >= 0.3 is 0 Å². The Hall–Kier alpha value is -2.50. The molecule has 0 bridgehead atoms. The van der Waals surface area contributed by atoms with Crippen molar-refractivity contribution >= 4 is 5.91 Å². The maximum Gasteiger partial charge on any atom is 0.255 e. The van der Waals surface area contributed by atoms with Crippen molar-refractivity contribution in [2.24, 2.45) is 5.92 Å². The van der Waals surface area contributed by atoms with Crippen molar-refractivity contribution in [2.75, 3.05) is 13.1 Å². The van der Waals surface area contributed by atoms with E-state index in [2.05, 4.69) is 21.9 Å². The predicted octanol–water partition coefficient (Wildman–Crippen LogP) is 1.94. The number of aromatic nitrogens is 3. The number of amides is 1. The third-order valence-corrected chi connectivity index (χ3v) is 4.47. The number of hydrogen-bond acceptors (Lipinski definition) is 4. The summed E-state index contributed by atoms with van der Waals surface area (Å²) < 4.78 is 0. The molecule has 3 heterocycles. The number of pyridine rings is 1. The number of likely N-dealkylation sites (tertiary alicyclic amines) is 1. The van der Waals surface area contributed by atoms with E-state index in [9.17, 15) is 9.59 Å². The lowest BCUT2D eigenvalue weighted by Gasteiger charge is -2.31. The molecule has 0 radical (unpaired) electrons. The molecule has 1 N–H and O–H groups in total. The fraction of sp³-hybridized carbons (Fsp3) is 0.444. The van der Waals surface area contributed by atoms with E-state index >= 15 is 0 Å². The summed E-state index contributed by atoms with van der Waals surface area (Å²) in [5.41, 5.74) is 1.37. The molecule has 1 fully saturated rings. The fourth-order valence-electron chi connectivity index (χ4n) is 3.12. The van der Waals surface area contributed by atoms with Crippen molar-refractivity contribution in [1.29, 1.82) is 0 Å². The first kappa shape index (κ1) is 16.4. The zero-order valence-electron chi connectivity index (χ0n) is 14.1. The van der Waals surface area contributed by atoms with Crippen LogP contribution in [0.25, 0.3) is 11.5 Å². The highest BCUT2D eigenvalue weighted by Gasteiger charge is 2.23. The molecule has 0 unspecified atom stereocenters. The molecule has 1 atom stereocenters. The first-order valence-corrected chi connectivity index (χ1v) is 8.33. The van der Waals surface area contributed by atoms with Gasteiger partial charge < -0.3 is 9.88 Å². The van der Waals surface area contributed by atoms with Crippen LogP contribution in [0.4, 0.5) is 0 Å². The molecule has 0 saturated carbocycles. The van der Waals surface area contributed by atoms with Gasteiger partial charge in [-0.1, -0.05) is 13.0 Å². The fourth-order valence-corrected chi connectivity index (χ4v) is 3.12. The number of nitrogens with one attached hydrogen (secondary N) is 1. The van der Waals surface area contributed by atoms with Crippen molar-refractivity contribution < 1.29 is 4.79 Å². The van der Waals surface area contributed by atoms with Crippen LogP contribution in [0.15, 0.2) is 29.2 Å². The summed E-state index contributed by atoms with van der Waals surface area (Å²) in [6, 6.07) is 5.44. The zero-order chi connectivity index (χ0) is 17.1. The largest absolute Gasteiger partial charge is 0.342 e. The minimum atomic E-state index is -0.262. The Balaban J connectivity index is 1.82. The number of carbonyl (C=O) groups is 1. The summed E-state index contributed by atoms with van der Waals surface area (Å²) in [5.74, 6) is 0.954. The van der Waals surface area contributed by atoms with Gasteiger partial charge in [-0.05, 0) is 37.8 Å². The van der Waals surface area contributed by atoms with Gasteiger partial charge in [0.2, 0.25) is 5.91 Å². The topological polar surface area (TPSA) is 79.0 Å². The molecular weight excluding hydrogens is 304 g/mol. The van der Waals surface area contributed by atoms with Crippen LogP contribution in [-0.2, 0) is 11.2 Å². The van der Waals surface area contributed by atoms with E-state index in [1.54, 1.807) is 25.3 Å². The molecule has 1 aliphatic heterocycles. The Bertz CT molecular complexity index is 785. The third-order valence-electron chi connectivity index (χ3n) is 4.47. The molecule has 1 aliphatic rings. The van der Waals surface area contributed by atoms with Crippen molar-refractivity contribution in [3.8, 4) is 11.5 Å². The molecule has 126 valence electrons.